The topological polar surface area (TPSA) is 71.4 Å². The van der Waals surface area contributed by atoms with Gasteiger partial charge in [-0.1, -0.05) is 59.4 Å². The number of carbonyl (C=O) groups excluding carboxylic acids is 1. The Bertz CT molecular complexity index is 1180. The highest BCUT2D eigenvalue weighted by Crippen LogP contribution is 2.17. The van der Waals surface area contributed by atoms with Crippen LogP contribution in [0.15, 0.2) is 97.6 Å². The minimum absolute atomic E-state index is 0. The number of carboxylic acid groups (broad SMARTS) is 1. The van der Waals surface area contributed by atoms with Crippen LogP contribution in [0, 0.1) is 0 Å². The number of carbonyl (C=O) groups is 2. The molecule has 0 unspecified atom stereocenters. The van der Waals surface area contributed by atoms with Gasteiger partial charge < -0.3 is 9.84 Å². The van der Waals surface area contributed by atoms with Crippen molar-refractivity contribution < 1.29 is 28.6 Å². The number of pyridine rings is 2. The van der Waals surface area contributed by atoms with E-state index in [1.165, 1.54) is 0 Å². The van der Waals surface area contributed by atoms with Crippen molar-refractivity contribution in [2.75, 3.05) is 0 Å². The third kappa shape index (κ3) is 12.4. The number of benzene rings is 2. The SMILES string of the molecule is C.C.C.C.C.C.C.C.Cl.Cl.O=COc1ccc(-[n+]2ccc(-c3cc[n+](-c4ccc(C(=O)O)cc4)cc3)cc2)cc1. The van der Waals surface area contributed by atoms with Crippen molar-refractivity contribution in [2.24, 2.45) is 0 Å². The van der Waals surface area contributed by atoms with Gasteiger partial charge in [-0.3, -0.25) is 4.79 Å². The predicted octanol–water partition coefficient (Wildman–Crippen LogP) is 9.07. The molecule has 0 fully saturated rings. The number of rotatable bonds is 6. The molecule has 0 saturated carbocycles. The lowest BCUT2D eigenvalue weighted by Gasteiger charge is -2.02. The molecule has 0 aliphatic carbocycles. The molecule has 2 heterocycles. The van der Waals surface area contributed by atoms with Crippen LogP contribution in [0.25, 0.3) is 22.5 Å². The summed E-state index contributed by atoms with van der Waals surface area (Å²) in [6, 6.07) is 22.0. The molecule has 0 spiro atoms. The van der Waals surface area contributed by atoms with E-state index >= 15 is 0 Å². The first kappa shape index (κ1) is 52.7. The fraction of sp³-hybridized carbons (Fsp3) is 0.250. The summed E-state index contributed by atoms with van der Waals surface area (Å²) in [4.78, 5) is 21.4. The highest BCUT2D eigenvalue weighted by molar-refractivity contribution is 5.87. The van der Waals surface area contributed by atoms with Crippen molar-refractivity contribution in [3.63, 3.8) is 0 Å². The van der Waals surface area contributed by atoms with Gasteiger partial charge in [-0.05, 0) is 35.4 Å². The fourth-order valence-corrected chi connectivity index (χ4v) is 3.11. The van der Waals surface area contributed by atoms with E-state index in [0.717, 1.165) is 22.5 Å². The molecule has 2 aromatic carbocycles. The maximum atomic E-state index is 11.0. The van der Waals surface area contributed by atoms with E-state index in [4.69, 9.17) is 9.84 Å². The second-order valence-corrected chi connectivity index (χ2v) is 6.55. The van der Waals surface area contributed by atoms with Crippen LogP contribution in [0.2, 0.25) is 0 Å². The van der Waals surface area contributed by atoms with Crippen LogP contribution in [0.1, 0.15) is 69.8 Å². The maximum absolute atomic E-state index is 11.0. The summed E-state index contributed by atoms with van der Waals surface area (Å²) in [6.45, 7) is 0.408. The Labute approximate surface area is 256 Å². The molecule has 0 amide bonds. The van der Waals surface area contributed by atoms with E-state index in [2.05, 4.69) is 0 Å². The first-order chi connectivity index (χ1) is 14.6. The molecular formula is C32H52Cl2N2O4+2. The van der Waals surface area contributed by atoms with Crippen LogP contribution in [0.4, 0.5) is 0 Å². The number of hydrogen-bond donors (Lipinski definition) is 1. The Balaban J connectivity index is -0.000000218. The highest BCUT2D eigenvalue weighted by Gasteiger charge is 2.11. The van der Waals surface area contributed by atoms with Crippen LogP contribution in [-0.2, 0) is 4.79 Å². The van der Waals surface area contributed by atoms with E-state index in [1.807, 2.05) is 70.3 Å². The van der Waals surface area contributed by atoms with Gasteiger partial charge in [0, 0.05) is 48.5 Å². The zero-order chi connectivity index (χ0) is 20.9. The van der Waals surface area contributed by atoms with E-state index < -0.39 is 5.97 Å². The Morgan fingerprint density at radius 2 is 0.900 bits per heavy atom. The molecule has 0 radical (unpaired) electrons. The first-order valence-corrected chi connectivity index (χ1v) is 9.21. The molecular weight excluding hydrogens is 547 g/mol. The molecule has 0 bridgehead atoms. The summed E-state index contributed by atoms with van der Waals surface area (Å²) in [5.74, 6) is -0.436. The quantitative estimate of drug-likeness (QED) is 0.177. The summed E-state index contributed by atoms with van der Waals surface area (Å²) in [5, 5.41) is 9.01. The van der Waals surface area contributed by atoms with Gasteiger partial charge in [-0.25, -0.2) is 4.79 Å². The molecule has 4 rings (SSSR count). The van der Waals surface area contributed by atoms with Crippen LogP contribution in [0.3, 0.4) is 0 Å². The third-order valence-electron chi connectivity index (χ3n) is 4.72. The number of hydrogen-bond acceptors (Lipinski definition) is 3. The Morgan fingerprint density at radius 3 is 1.20 bits per heavy atom. The smallest absolute Gasteiger partial charge is 0.335 e. The van der Waals surface area contributed by atoms with Crippen LogP contribution in [0.5, 0.6) is 5.75 Å². The number of aromatic carboxylic acids is 1. The molecule has 8 heteroatoms. The largest absolute Gasteiger partial charge is 0.478 e. The fourth-order valence-electron chi connectivity index (χ4n) is 3.11. The van der Waals surface area contributed by atoms with Gasteiger partial charge in [-0.2, -0.15) is 9.13 Å². The minimum Gasteiger partial charge on any atom is -0.478 e. The number of nitrogens with zero attached hydrogens (tertiary/aromatic N) is 2. The molecule has 226 valence electrons. The average molecular weight is 600 g/mol. The zero-order valence-corrected chi connectivity index (χ0v) is 18.3. The van der Waals surface area contributed by atoms with Gasteiger partial charge in [0.05, 0.1) is 5.56 Å². The molecule has 2 aromatic heterocycles. The van der Waals surface area contributed by atoms with E-state index in [0.29, 0.717) is 12.2 Å². The van der Waals surface area contributed by atoms with Gasteiger partial charge in [0.25, 0.3) is 6.47 Å². The molecule has 0 saturated heterocycles. The lowest BCUT2D eigenvalue weighted by molar-refractivity contribution is -0.596. The molecule has 0 aliphatic heterocycles. The highest BCUT2D eigenvalue weighted by atomic mass is 35.5. The molecule has 4 aromatic rings. The monoisotopic (exact) mass is 598 g/mol. The predicted molar refractivity (Wildman–Crippen MR) is 177 cm³/mol. The molecule has 0 aliphatic rings. The van der Waals surface area contributed by atoms with Crippen molar-refractivity contribution >= 4 is 37.3 Å². The second-order valence-electron chi connectivity index (χ2n) is 6.55. The lowest BCUT2D eigenvalue weighted by Crippen LogP contribution is -2.29. The normalized spacial score (nSPS) is 7.80. The molecule has 40 heavy (non-hydrogen) atoms. The minimum atomic E-state index is -0.937. The van der Waals surface area contributed by atoms with Crippen molar-refractivity contribution in [1.29, 1.82) is 0 Å². The lowest BCUT2D eigenvalue weighted by atomic mass is 10.1. The summed E-state index contributed by atoms with van der Waals surface area (Å²) >= 11 is 0. The average Bonchev–Trinajstić information content (AvgIpc) is 2.80. The summed E-state index contributed by atoms with van der Waals surface area (Å²) < 4.78 is 8.72. The van der Waals surface area contributed by atoms with E-state index in [9.17, 15) is 9.59 Å². The van der Waals surface area contributed by atoms with Gasteiger partial charge in [0.2, 0.25) is 11.4 Å². The van der Waals surface area contributed by atoms with E-state index in [1.54, 1.807) is 36.4 Å². The first-order valence-electron chi connectivity index (χ1n) is 9.21. The summed E-state index contributed by atoms with van der Waals surface area (Å²) in [6.07, 6.45) is 7.82. The number of ether oxygens (including phenoxy) is 1. The van der Waals surface area contributed by atoms with Gasteiger partial charge in [-0.15, -0.1) is 24.8 Å². The van der Waals surface area contributed by atoms with Gasteiger partial charge in [0.15, 0.2) is 24.8 Å². The molecule has 0 atom stereocenters. The molecule has 6 nitrogen and oxygen atoms in total. The van der Waals surface area contributed by atoms with Crippen molar-refractivity contribution in [2.45, 2.75) is 59.4 Å². The van der Waals surface area contributed by atoms with Gasteiger partial charge >= 0.3 is 5.97 Å². The Hall–Kier alpha value is -3.74. The zero-order valence-electron chi connectivity index (χ0n) is 16.7. The van der Waals surface area contributed by atoms with Crippen LogP contribution >= 0.6 is 24.8 Å². The third-order valence-corrected chi connectivity index (χ3v) is 4.72. The summed E-state index contributed by atoms with van der Waals surface area (Å²) in [5.41, 5.74) is 4.24. The van der Waals surface area contributed by atoms with Crippen LogP contribution in [-0.4, -0.2) is 17.5 Å². The summed E-state index contributed by atoms with van der Waals surface area (Å²) in [7, 11) is 0. The van der Waals surface area contributed by atoms with Crippen molar-refractivity contribution in [1.82, 2.24) is 0 Å². The molecule has 1 N–H and O–H groups in total. The Morgan fingerprint density at radius 1 is 0.575 bits per heavy atom. The number of carboxylic acids is 1. The second kappa shape index (κ2) is 24.3. The van der Waals surface area contributed by atoms with Crippen molar-refractivity contribution in [3.8, 4) is 28.3 Å². The van der Waals surface area contributed by atoms with Crippen molar-refractivity contribution in [3.05, 3.63) is 103 Å². The van der Waals surface area contributed by atoms with Crippen LogP contribution < -0.4 is 13.9 Å². The maximum Gasteiger partial charge on any atom is 0.335 e. The Kier molecular flexibility index (Phi) is 32.0. The number of halogens is 2. The van der Waals surface area contributed by atoms with Gasteiger partial charge in [0.1, 0.15) is 5.75 Å². The van der Waals surface area contributed by atoms with E-state index in [-0.39, 0.29) is 89.8 Å². The number of aromatic nitrogens is 2. The standard InChI is InChI=1S/C24H17N2O4.8CH4.2ClH/c27-17-30-23-7-5-22(6-8-23)26-15-11-19(12-16-26)18-9-13-25(14-10-18)21-3-1-20(2-4-21)24(28)29;;;;;;;;;;/h1-17H;8*1H4;2*1H/q+1;;;;;;;;;;/p+1.